The fraction of sp³-hybridized carbons (Fsp3) is 0.875. The van der Waals surface area contributed by atoms with Gasteiger partial charge in [0.2, 0.25) is 0 Å². The molecule has 3 fully saturated rings. The van der Waals surface area contributed by atoms with Gasteiger partial charge in [-0.2, -0.15) is 0 Å². The van der Waals surface area contributed by atoms with E-state index in [1.807, 2.05) is 0 Å². The first-order valence-electron chi connectivity index (χ1n) is 8.33. The SMILES string of the molecule is CC1CCCC1CNC(=O)NC1C2CCC(C2)C1C(=O)O. The molecule has 0 aromatic heterocycles. The standard InChI is InChI=1S/C16H26N2O3/c1-9-3-2-4-12(9)8-17-16(21)18-14-11-6-5-10(7-11)13(14)15(19)20/h9-14H,2-8H2,1H3,(H,19,20)(H2,17,18,21). The molecule has 21 heavy (non-hydrogen) atoms. The summed E-state index contributed by atoms with van der Waals surface area (Å²) in [4.78, 5) is 23.5. The van der Waals surface area contributed by atoms with Crippen LogP contribution in [0.2, 0.25) is 0 Å². The third-order valence-corrected chi connectivity index (χ3v) is 6.06. The minimum Gasteiger partial charge on any atom is -0.481 e. The molecule has 5 nitrogen and oxygen atoms in total. The summed E-state index contributed by atoms with van der Waals surface area (Å²) in [6.07, 6.45) is 6.71. The van der Waals surface area contributed by atoms with Gasteiger partial charge in [0.05, 0.1) is 5.92 Å². The van der Waals surface area contributed by atoms with Gasteiger partial charge in [-0.3, -0.25) is 4.79 Å². The molecule has 6 unspecified atom stereocenters. The van der Waals surface area contributed by atoms with Gasteiger partial charge in [0.1, 0.15) is 0 Å². The Labute approximate surface area is 125 Å². The van der Waals surface area contributed by atoms with Crippen molar-refractivity contribution in [2.45, 2.75) is 51.5 Å². The lowest BCUT2D eigenvalue weighted by molar-refractivity contribution is -0.144. The Hall–Kier alpha value is -1.26. The van der Waals surface area contributed by atoms with Gasteiger partial charge in [-0.15, -0.1) is 0 Å². The highest BCUT2D eigenvalue weighted by atomic mass is 16.4. The molecule has 2 amide bonds. The molecule has 6 atom stereocenters. The second-order valence-corrected chi connectivity index (χ2v) is 7.25. The van der Waals surface area contributed by atoms with Crippen LogP contribution < -0.4 is 10.6 Å². The van der Waals surface area contributed by atoms with Crippen LogP contribution in [0.4, 0.5) is 4.79 Å². The number of aliphatic carboxylic acids is 1. The van der Waals surface area contributed by atoms with Crippen LogP contribution in [0.25, 0.3) is 0 Å². The van der Waals surface area contributed by atoms with Crippen LogP contribution >= 0.6 is 0 Å². The van der Waals surface area contributed by atoms with Crippen molar-refractivity contribution in [2.24, 2.45) is 29.6 Å². The number of urea groups is 1. The molecule has 3 saturated carbocycles. The fourth-order valence-electron chi connectivity index (χ4n) is 4.81. The number of carbonyl (C=O) groups excluding carboxylic acids is 1. The van der Waals surface area contributed by atoms with Crippen LogP contribution in [0.5, 0.6) is 0 Å². The van der Waals surface area contributed by atoms with Gasteiger partial charge in [-0.05, 0) is 49.4 Å². The Balaban J connectivity index is 1.51. The van der Waals surface area contributed by atoms with Crippen LogP contribution in [0, 0.1) is 29.6 Å². The maximum absolute atomic E-state index is 12.1. The molecule has 3 rings (SSSR count). The molecule has 3 N–H and O–H groups in total. The van der Waals surface area contributed by atoms with Crippen molar-refractivity contribution in [1.29, 1.82) is 0 Å². The van der Waals surface area contributed by atoms with Crippen LogP contribution in [-0.2, 0) is 4.79 Å². The molecule has 0 aromatic rings. The lowest BCUT2D eigenvalue weighted by Crippen LogP contribution is -2.50. The number of amides is 2. The van der Waals surface area contributed by atoms with E-state index in [9.17, 15) is 14.7 Å². The summed E-state index contributed by atoms with van der Waals surface area (Å²) in [6, 6.07) is -0.361. The summed E-state index contributed by atoms with van der Waals surface area (Å²) in [7, 11) is 0. The average molecular weight is 294 g/mol. The van der Waals surface area contributed by atoms with Gasteiger partial charge < -0.3 is 15.7 Å². The molecular formula is C16H26N2O3. The highest BCUT2D eigenvalue weighted by molar-refractivity contribution is 5.77. The molecule has 0 spiro atoms. The van der Waals surface area contributed by atoms with E-state index in [2.05, 4.69) is 17.6 Å². The third-order valence-electron chi connectivity index (χ3n) is 6.06. The summed E-state index contributed by atoms with van der Waals surface area (Å²) in [6.45, 7) is 2.96. The Bertz CT molecular complexity index is 426. The van der Waals surface area contributed by atoms with E-state index in [0.717, 1.165) is 19.3 Å². The van der Waals surface area contributed by atoms with E-state index < -0.39 is 5.97 Å². The lowest BCUT2D eigenvalue weighted by Gasteiger charge is -2.29. The van der Waals surface area contributed by atoms with Gasteiger partial charge >= 0.3 is 12.0 Å². The molecule has 3 aliphatic rings. The first-order chi connectivity index (χ1) is 10.1. The topological polar surface area (TPSA) is 78.4 Å². The molecule has 3 aliphatic carbocycles. The zero-order chi connectivity index (χ0) is 15.0. The van der Waals surface area contributed by atoms with Crippen LogP contribution in [0.15, 0.2) is 0 Å². The normalized spacial score (nSPS) is 41.2. The predicted octanol–water partition coefficient (Wildman–Crippen LogP) is 2.22. The van der Waals surface area contributed by atoms with Crippen molar-refractivity contribution < 1.29 is 14.7 Å². The zero-order valence-electron chi connectivity index (χ0n) is 12.7. The van der Waals surface area contributed by atoms with Crippen molar-refractivity contribution in [3.63, 3.8) is 0 Å². The van der Waals surface area contributed by atoms with Gasteiger partial charge in [0.15, 0.2) is 0 Å². The minimum absolute atomic E-state index is 0.178. The van der Waals surface area contributed by atoms with E-state index in [4.69, 9.17) is 0 Å². The smallest absolute Gasteiger partial charge is 0.315 e. The van der Waals surface area contributed by atoms with Gasteiger partial charge in [-0.1, -0.05) is 19.8 Å². The molecule has 0 heterocycles. The van der Waals surface area contributed by atoms with Crippen LogP contribution in [0.3, 0.4) is 0 Å². The maximum Gasteiger partial charge on any atom is 0.315 e. The van der Waals surface area contributed by atoms with Gasteiger partial charge in [0, 0.05) is 12.6 Å². The fourth-order valence-corrected chi connectivity index (χ4v) is 4.81. The molecule has 118 valence electrons. The molecule has 5 heteroatoms. The van der Waals surface area contributed by atoms with Crippen LogP contribution in [0.1, 0.15) is 45.4 Å². The molecule has 0 aromatic carbocycles. The predicted molar refractivity (Wildman–Crippen MR) is 78.8 cm³/mol. The highest BCUT2D eigenvalue weighted by Gasteiger charge is 2.51. The van der Waals surface area contributed by atoms with Crippen molar-refractivity contribution in [1.82, 2.24) is 10.6 Å². The minimum atomic E-state index is -0.753. The number of carbonyl (C=O) groups is 2. The second kappa shape index (κ2) is 5.85. The van der Waals surface area contributed by atoms with E-state index in [1.54, 1.807) is 0 Å². The monoisotopic (exact) mass is 294 g/mol. The third kappa shape index (κ3) is 2.87. The Morgan fingerprint density at radius 1 is 1.14 bits per heavy atom. The Morgan fingerprint density at radius 2 is 1.90 bits per heavy atom. The number of carboxylic acid groups (broad SMARTS) is 1. The van der Waals surface area contributed by atoms with Crippen LogP contribution in [-0.4, -0.2) is 29.7 Å². The number of hydrogen-bond donors (Lipinski definition) is 3. The van der Waals surface area contributed by atoms with Gasteiger partial charge in [0.25, 0.3) is 0 Å². The highest BCUT2D eigenvalue weighted by Crippen LogP contribution is 2.48. The van der Waals surface area contributed by atoms with Gasteiger partial charge in [-0.25, -0.2) is 4.79 Å². The first-order valence-corrected chi connectivity index (χ1v) is 8.33. The number of hydrogen-bond acceptors (Lipinski definition) is 2. The van der Waals surface area contributed by atoms with E-state index in [-0.39, 0.29) is 23.9 Å². The van der Waals surface area contributed by atoms with Crippen molar-refractivity contribution >= 4 is 12.0 Å². The van der Waals surface area contributed by atoms with Crippen molar-refractivity contribution in [2.75, 3.05) is 6.54 Å². The number of rotatable bonds is 4. The summed E-state index contributed by atoms with van der Waals surface area (Å²) >= 11 is 0. The molecule has 0 aliphatic heterocycles. The van der Waals surface area contributed by atoms with E-state index >= 15 is 0 Å². The first kappa shape index (κ1) is 14.7. The number of carboxylic acids is 1. The van der Waals surface area contributed by atoms with E-state index in [1.165, 1.54) is 19.3 Å². The zero-order valence-corrected chi connectivity index (χ0v) is 12.7. The molecule has 0 saturated heterocycles. The Kier molecular flexibility index (Phi) is 4.09. The number of fused-ring (bicyclic) bond motifs is 2. The maximum atomic E-state index is 12.1. The Morgan fingerprint density at radius 3 is 2.57 bits per heavy atom. The molecular weight excluding hydrogens is 268 g/mol. The molecule has 0 radical (unpaired) electrons. The van der Waals surface area contributed by atoms with Crippen molar-refractivity contribution in [3.8, 4) is 0 Å². The summed E-state index contributed by atoms with van der Waals surface area (Å²) < 4.78 is 0. The average Bonchev–Trinajstić information content (AvgIpc) is 3.12. The second-order valence-electron chi connectivity index (χ2n) is 7.25. The largest absolute Gasteiger partial charge is 0.481 e. The molecule has 2 bridgehead atoms. The summed E-state index contributed by atoms with van der Waals surface area (Å²) in [5, 5.41) is 15.3. The van der Waals surface area contributed by atoms with Crippen molar-refractivity contribution in [3.05, 3.63) is 0 Å². The number of nitrogens with one attached hydrogen (secondary N) is 2. The van der Waals surface area contributed by atoms with E-state index in [0.29, 0.717) is 24.3 Å². The quantitative estimate of drug-likeness (QED) is 0.744. The summed E-state index contributed by atoms with van der Waals surface area (Å²) in [5.41, 5.74) is 0. The lowest BCUT2D eigenvalue weighted by atomic mass is 9.84. The summed E-state index contributed by atoms with van der Waals surface area (Å²) in [5.74, 6) is 0.724.